The van der Waals surface area contributed by atoms with E-state index in [2.05, 4.69) is 37.2 Å². The molecule has 25 heteroatoms. The maximum absolute atomic E-state index is 13.4. The molecule has 0 atom stereocenters. The predicted molar refractivity (Wildman–Crippen MR) is 328 cm³/mol. The van der Waals surface area contributed by atoms with Crippen LogP contribution in [0, 0.1) is 0 Å². The SMILES string of the molecule is CCCN(CCC)C(=O)CCC(=O)NCCN(CCNC(=O)CCC(=O)N(CCC)CCC)C(=O)CCC(=O)NCCNCCNC(=O)CCC(=O)N(CCNC(=O)CCC(=O)N(CCC)CCC)CCNC(=O)CCC(=O)N(CCC)CCC. The van der Waals surface area contributed by atoms with E-state index in [1.54, 1.807) is 19.6 Å². The largest absolute Gasteiger partial charge is 0.355 e. The first-order chi connectivity index (χ1) is 40.8. The van der Waals surface area contributed by atoms with Gasteiger partial charge in [0, 0.05) is 208 Å². The third-order valence-corrected chi connectivity index (χ3v) is 13.5. The van der Waals surface area contributed by atoms with Crippen LogP contribution in [-0.2, 0) is 57.5 Å². The maximum atomic E-state index is 13.4. The quantitative estimate of drug-likeness (QED) is 0.0431. The summed E-state index contributed by atoms with van der Waals surface area (Å²) in [5, 5.41) is 19.7. The van der Waals surface area contributed by atoms with Crippen LogP contribution in [0.25, 0.3) is 0 Å². The molecule has 0 aromatic heterocycles. The summed E-state index contributed by atoms with van der Waals surface area (Å²) in [4.78, 5) is 164. The fourth-order valence-corrected chi connectivity index (χ4v) is 9.16. The number of nitrogens with one attached hydrogen (secondary N) is 7. The molecule has 0 aliphatic carbocycles. The fraction of sp³-hybridized carbons (Fsp3) is 0.800. The third kappa shape index (κ3) is 39.8. The molecule has 0 spiro atoms. The molecule has 0 radical (unpaired) electrons. The number of rotatable bonds is 52. The smallest absolute Gasteiger partial charge is 0.223 e. The molecule has 0 heterocycles. The monoisotopic (exact) mass is 1210 g/mol. The molecule has 0 saturated heterocycles. The van der Waals surface area contributed by atoms with Crippen LogP contribution in [0.5, 0.6) is 0 Å². The molecule has 0 unspecified atom stereocenters. The Morgan fingerprint density at radius 3 is 0.518 bits per heavy atom. The van der Waals surface area contributed by atoms with Gasteiger partial charge in [0.1, 0.15) is 0 Å². The Hall–Kier alpha value is -6.40. The predicted octanol–water partition coefficient (Wildman–Crippen LogP) is 2.21. The summed E-state index contributed by atoms with van der Waals surface area (Å²) in [5.74, 6) is -3.18. The molecule has 488 valence electrons. The van der Waals surface area contributed by atoms with Gasteiger partial charge in [-0.05, 0) is 51.4 Å². The summed E-state index contributed by atoms with van der Waals surface area (Å²) >= 11 is 0. The van der Waals surface area contributed by atoms with Crippen LogP contribution < -0.4 is 37.2 Å². The standard InChI is InChI=1S/C60H111N13O12/c1-9-37-68(38-10-2)55(80)23-19-51(76)64-33-45-72(46-34-65-52(77)20-24-56(81)69(39-11-3)40-12-4)59(84)27-17-49(74)62-31-29-61-30-32-63-50(75)18-28-60(85)73(47-35-66-53(78)21-25-57(82)70(41-13-5)42-14-6)48-36-67-54(79)22-26-58(83)71(43-15-7)44-16-8/h61H,9-48H2,1-8H3,(H,62,74)(H,63,75)(H,64,76)(H,65,77)(H,66,78)(H,67,79). The van der Waals surface area contributed by atoms with Gasteiger partial charge in [0.25, 0.3) is 0 Å². The second kappa shape index (κ2) is 50.9. The average molecular weight is 1210 g/mol. The average Bonchev–Trinajstić information content (AvgIpc) is 3.49. The zero-order valence-corrected chi connectivity index (χ0v) is 53.4. The lowest BCUT2D eigenvalue weighted by Crippen LogP contribution is -2.43. The molecule has 85 heavy (non-hydrogen) atoms. The molecule has 0 rings (SSSR count). The Morgan fingerprint density at radius 1 is 0.200 bits per heavy atom. The van der Waals surface area contributed by atoms with E-state index < -0.39 is 0 Å². The second-order valence-corrected chi connectivity index (χ2v) is 21.1. The van der Waals surface area contributed by atoms with E-state index in [1.807, 2.05) is 55.4 Å². The Kier molecular flexibility index (Phi) is 47.0. The first-order valence-electron chi connectivity index (χ1n) is 31.8. The number of carbonyl (C=O) groups excluding carboxylic acids is 12. The highest BCUT2D eigenvalue weighted by Crippen LogP contribution is 2.07. The Bertz CT molecular complexity index is 1740. The maximum Gasteiger partial charge on any atom is 0.223 e. The van der Waals surface area contributed by atoms with Crippen molar-refractivity contribution in [3.05, 3.63) is 0 Å². The molecule has 0 fully saturated rings. The van der Waals surface area contributed by atoms with E-state index in [0.717, 1.165) is 51.4 Å². The molecule has 0 aliphatic heterocycles. The minimum Gasteiger partial charge on any atom is -0.355 e. The van der Waals surface area contributed by atoms with Crippen molar-refractivity contribution in [2.75, 3.05) is 131 Å². The van der Waals surface area contributed by atoms with E-state index in [-0.39, 0.29) is 213 Å². The highest BCUT2D eigenvalue weighted by atomic mass is 16.2. The molecule has 0 aromatic carbocycles. The summed E-state index contributed by atoms with van der Waals surface area (Å²) in [5.41, 5.74) is 0. The van der Waals surface area contributed by atoms with Crippen molar-refractivity contribution >= 4 is 70.9 Å². The lowest BCUT2D eigenvalue weighted by molar-refractivity contribution is -0.135. The van der Waals surface area contributed by atoms with Gasteiger partial charge in [-0.1, -0.05) is 55.4 Å². The molecule has 7 N–H and O–H groups in total. The minimum atomic E-state index is -0.371. The Balaban J connectivity index is 5.23. The number of amides is 12. The Labute approximate surface area is 508 Å². The van der Waals surface area contributed by atoms with Crippen molar-refractivity contribution < 1.29 is 57.5 Å². The zero-order chi connectivity index (χ0) is 63.6. The van der Waals surface area contributed by atoms with Crippen LogP contribution in [-0.4, -0.2) is 231 Å². The summed E-state index contributed by atoms with van der Waals surface area (Å²) in [7, 11) is 0. The molecule has 0 saturated carbocycles. The highest BCUT2D eigenvalue weighted by molar-refractivity contribution is 5.87. The van der Waals surface area contributed by atoms with Crippen molar-refractivity contribution in [1.82, 2.24) is 66.6 Å². The van der Waals surface area contributed by atoms with Crippen LogP contribution in [0.4, 0.5) is 0 Å². The summed E-state index contributed by atoms with van der Waals surface area (Å²) in [6.45, 7) is 22.8. The number of carbonyl (C=O) groups is 12. The van der Waals surface area contributed by atoms with Crippen LogP contribution >= 0.6 is 0 Å². The van der Waals surface area contributed by atoms with Crippen molar-refractivity contribution in [2.24, 2.45) is 0 Å². The molecule has 25 nitrogen and oxygen atoms in total. The van der Waals surface area contributed by atoms with Gasteiger partial charge < -0.3 is 66.6 Å². The summed E-state index contributed by atoms with van der Waals surface area (Å²) in [6.07, 6.45) is 6.23. The highest BCUT2D eigenvalue weighted by Gasteiger charge is 2.21. The van der Waals surface area contributed by atoms with Gasteiger partial charge >= 0.3 is 0 Å². The first kappa shape index (κ1) is 78.6. The van der Waals surface area contributed by atoms with Crippen LogP contribution in [0.15, 0.2) is 0 Å². The molecule has 0 aromatic rings. The van der Waals surface area contributed by atoms with Crippen LogP contribution in [0.2, 0.25) is 0 Å². The molecule has 12 amide bonds. The van der Waals surface area contributed by atoms with Gasteiger partial charge in [0.05, 0.1) is 0 Å². The minimum absolute atomic E-state index is 0.00239. The fourth-order valence-electron chi connectivity index (χ4n) is 9.16. The number of nitrogens with zero attached hydrogens (tertiary/aromatic N) is 6. The van der Waals surface area contributed by atoms with E-state index in [4.69, 9.17) is 0 Å². The van der Waals surface area contributed by atoms with E-state index in [1.165, 1.54) is 9.80 Å². The third-order valence-electron chi connectivity index (χ3n) is 13.5. The topological polar surface area (TPSA) is 308 Å². The van der Waals surface area contributed by atoms with E-state index >= 15 is 0 Å². The lowest BCUT2D eigenvalue weighted by atomic mass is 10.2. The van der Waals surface area contributed by atoms with Gasteiger partial charge in [-0.3, -0.25) is 57.5 Å². The Morgan fingerprint density at radius 2 is 0.353 bits per heavy atom. The number of hydrogen-bond acceptors (Lipinski definition) is 13. The molecule has 0 aliphatic rings. The van der Waals surface area contributed by atoms with E-state index in [9.17, 15) is 57.5 Å². The van der Waals surface area contributed by atoms with Crippen LogP contribution in [0.1, 0.15) is 184 Å². The molecular formula is C60H111N13O12. The summed E-state index contributed by atoms with van der Waals surface area (Å²) in [6, 6.07) is 0. The zero-order valence-electron chi connectivity index (χ0n) is 53.4. The first-order valence-corrected chi connectivity index (χ1v) is 31.8. The van der Waals surface area contributed by atoms with Gasteiger partial charge in [0.15, 0.2) is 0 Å². The van der Waals surface area contributed by atoms with Gasteiger partial charge in [-0.2, -0.15) is 0 Å². The molecule has 0 bridgehead atoms. The lowest BCUT2D eigenvalue weighted by Gasteiger charge is -2.24. The second-order valence-electron chi connectivity index (χ2n) is 21.1. The van der Waals surface area contributed by atoms with Gasteiger partial charge in [-0.15, -0.1) is 0 Å². The van der Waals surface area contributed by atoms with Crippen LogP contribution in [0.3, 0.4) is 0 Å². The van der Waals surface area contributed by atoms with Crippen molar-refractivity contribution in [2.45, 2.75) is 184 Å². The molecular weight excluding hydrogens is 1090 g/mol. The van der Waals surface area contributed by atoms with Gasteiger partial charge in [0.2, 0.25) is 70.9 Å². The van der Waals surface area contributed by atoms with Gasteiger partial charge in [-0.25, -0.2) is 0 Å². The normalized spacial score (nSPS) is 10.7. The van der Waals surface area contributed by atoms with Crippen molar-refractivity contribution in [3.63, 3.8) is 0 Å². The van der Waals surface area contributed by atoms with Crippen molar-refractivity contribution in [1.29, 1.82) is 0 Å². The number of hydrogen-bond donors (Lipinski definition) is 7. The van der Waals surface area contributed by atoms with E-state index in [0.29, 0.717) is 65.4 Å². The van der Waals surface area contributed by atoms with Crippen molar-refractivity contribution in [3.8, 4) is 0 Å². The summed E-state index contributed by atoms with van der Waals surface area (Å²) < 4.78 is 0.